The third-order valence-electron chi connectivity index (χ3n) is 1.69. The molecule has 1 aliphatic carbocycles. The smallest absolute Gasteiger partial charge is 0.253 e. The van der Waals surface area contributed by atoms with Crippen LogP contribution in [0.1, 0.15) is 0 Å². The van der Waals surface area contributed by atoms with Crippen LogP contribution in [0.4, 0.5) is 0 Å². The molecule has 2 aliphatic rings. The van der Waals surface area contributed by atoms with Crippen LogP contribution in [0.15, 0.2) is 29.0 Å². The van der Waals surface area contributed by atoms with Crippen LogP contribution in [-0.2, 0) is 4.79 Å². The van der Waals surface area contributed by atoms with Crippen LogP contribution in [0.2, 0.25) is 0 Å². The maximum Gasteiger partial charge on any atom is 0.253 e. The van der Waals surface area contributed by atoms with Crippen molar-refractivity contribution < 1.29 is 4.79 Å². The minimum absolute atomic E-state index is 0. The second kappa shape index (κ2) is 2.98. The van der Waals surface area contributed by atoms with Gasteiger partial charge in [-0.3, -0.25) is 4.79 Å². The Bertz CT molecular complexity index is 306. The standard InChI is InChI=1S/C7H7N3O.ClH/c8-4-1-2-5-6(3-4)9-10-7(5)11;/h1-3,5H,8H2,(H,10,11);1H. The maximum absolute atomic E-state index is 11.0. The number of amides is 1. The Morgan fingerprint density at radius 3 is 3.08 bits per heavy atom. The molecule has 0 radical (unpaired) electrons. The molecule has 1 atom stereocenters. The molecule has 0 fully saturated rings. The van der Waals surface area contributed by atoms with Gasteiger partial charge in [-0.2, -0.15) is 5.10 Å². The lowest BCUT2D eigenvalue weighted by molar-refractivity contribution is -0.121. The molecule has 0 aromatic heterocycles. The highest BCUT2D eigenvalue weighted by atomic mass is 35.5. The Morgan fingerprint density at radius 1 is 1.58 bits per heavy atom. The number of carbonyl (C=O) groups excluding carboxylic acids is 1. The van der Waals surface area contributed by atoms with Crippen LogP contribution in [-0.4, -0.2) is 11.6 Å². The Hall–Kier alpha value is -1.29. The van der Waals surface area contributed by atoms with Gasteiger partial charge < -0.3 is 5.73 Å². The quantitative estimate of drug-likeness (QED) is 0.555. The number of rotatable bonds is 0. The van der Waals surface area contributed by atoms with Gasteiger partial charge in [0.2, 0.25) is 0 Å². The number of nitrogens with two attached hydrogens (primary N) is 1. The van der Waals surface area contributed by atoms with Crippen LogP contribution in [0.25, 0.3) is 0 Å². The minimum Gasteiger partial charge on any atom is -0.399 e. The second-order valence-electron chi connectivity index (χ2n) is 2.49. The van der Waals surface area contributed by atoms with Crippen molar-refractivity contribution in [2.75, 3.05) is 0 Å². The fraction of sp³-hybridized carbons (Fsp3) is 0.143. The summed E-state index contributed by atoms with van der Waals surface area (Å²) in [6.07, 6.45) is 5.16. The molecular weight excluding hydrogens is 178 g/mol. The first kappa shape index (κ1) is 8.80. The topological polar surface area (TPSA) is 67.5 Å². The van der Waals surface area contributed by atoms with Crippen molar-refractivity contribution >= 4 is 24.0 Å². The van der Waals surface area contributed by atoms with E-state index in [0.29, 0.717) is 11.4 Å². The highest BCUT2D eigenvalue weighted by Crippen LogP contribution is 2.15. The van der Waals surface area contributed by atoms with E-state index in [9.17, 15) is 4.79 Å². The highest BCUT2D eigenvalue weighted by Gasteiger charge is 2.27. The van der Waals surface area contributed by atoms with E-state index in [1.807, 2.05) is 0 Å². The largest absolute Gasteiger partial charge is 0.399 e. The number of hydrogen-bond acceptors (Lipinski definition) is 3. The molecule has 0 bridgehead atoms. The molecule has 1 aliphatic heterocycles. The van der Waals surface area contributed by atoms with Gasteiger partial charge in [-0.25, -0.2) is 5.43 Å². The fourth-order valence-corrected chi connectivity index (χ4v) is 1.13. The van der Waals surface area contributed by atoms with Gasteiger partial charge in [0.1, 0.15) is 5.92 Å². The zero-order valence-corrected chi connectivity index (χ0v) is 6.97. The minimum atomic E-state index is -0.220. The molecule has 0 saturated carbocycles. The predicted octanol–water partition coefficient (Wildman–Crippen LogP) is -0.0774. The first-order chi connectivity index (χ1) is 5.27. The monoisotopic (exact) mass is 185 g/mol. The van der Waals surface area contributed by atoms with Gasteiger partial charge in [0.25, 0.3) is 5.91 Å². The molecule has 0 saturated heterocycles. The van der Waals surface area contributed by atoms with E-state index >= 15 is 0 Å². The summed E-state index contributed by atoms with van der Waals surface area (Å²) in [6, 6.07) is 0. The summed E-state index contributed by atoms with van der Waals surface area (Å²) in [6.45, 7) is 0. The Balaban J connectivity index is 0.000000720. The number of hydrogen-bond donors (Lipinski definition) is 2. The molecule has 4 nitrogen and oxygen atoms in total. The van der Waals surface area contributed by atoms with Crippen molar-refractivity contribution in [1.82, 2.24) is 5.43 Å². The molecule has 1 amide bonds. The molecule has 5 heteroatoms. The van der Waals surface area contributed by atoms with E-state index in [1.165, 1.54) is 0 Å². The SMILES string of the molecule is Cl.NC1=CC2=NNC(=O)C2C=C1. The van der Waals surface area contributed by atoms with E-state index in [-0.39, 0.29) is 24.2 Å². The number of fused-ring (bicyclic) bond motifs is 1. The van der Waals surface area contributed by atoms with Crippen LogP contribution in [0.3, 0.4) is 0 Å². The van der Waals surface area contributed by atoms with Crippen molar-refractivity contribution in [3.8, 4) is 0 Å². The Morgan fingerprint density at radius 2 is 2.33 bits per heavy atom. The summed E-state index contributed by atoms with van der Waals surface area (Å²) >= 11 is 0. The molecular formula is C7H8ClN3O. The molecule has 12 heavy (non-hydrogen) atoms. The zero-order chi connectivity index (χ0) is 7.84. The first-order valence-electron chi connectivity index (χ1n) is 3.30. The number of allylic oxidation sites excluding steroid dienone is 2. The Kier molecular flexibility index (Phi) is 2.19. The van der Waals surface area contributed by atoms with Crippen LogP contribution >= 0.6 is 12.4 Å². The van der Waals surface area contributed by atoms with E-state index in [4.69, 9.17) is 5.73 Å². The lowest BCUT2D eigenvalue weighted by atomic mass is 9.98. The van der Waals surface area contributed by atoms with Crippen molar-refractivity contribution in [3.63, 3.8) is 0 Å². The van der Waals surface area contributed by atoms with E-state index in [0.717, 1.165) is 0 Å². The maximum atomic E-state index is 11.0. The molecule has 1 heterocycles. The highest BCUT2D eigenvalue weighted by molar-refractivity contribution is 6.15. The number of nitrogens with one attached hydrogen (secondary N) is 1. The van der Waals surface area contributed by atoms with Gasteiger partial charge in [0.05, 0.1) is 5.71 Å². The molecule has 3 N–H and O–H groups in total. The average Bonchev–Trinajstić information content (AvgIpc) is 2.32. The zero-order valence-electron chi connectivity index (χ0n) is 6.15. The van der Waals surface area contributed by atoms with Gasteiger partial charge in [0, 0.05) is 5.70 Å². The normalized spacial score (nSPS) is 25.0. The summed E-state index contributed by atoms with van der Waals surface area (Å²) in [4.78, 5) is 11.0. The molecule has 0 aromatic carbocycles. The predicted molar refractivity (Wildman–Crippen MR) is 47.7 cm³/mol. The van der Waals surface area contributed by atoms with Crippen molar-refractivity contribution in [3.05, 3.63) is 23.9 Å². The number of halogens is 1. The van der Waals surface area contributed by atoms with Gasteiger partial charge in [0.15, 0.2) is 0 Å². The Labute approximate surface area is 75.6 Å². The third-order valence-corrected chi connectivity index (χ3v) is 1.69. The third kappa shape index (κ3) is 1.21. The first-order valence-corrected chi connectivity index (χ1v) is 3.30. The van der Waals surface area contributed by atoms with E-state index in [2.05, 4.69) is 10.5 Å². The number of nitrogens with zero attached hydrogens (tertiary/aromatic N) is 1. The second-order valence-corrected chi connectivity index (χ2v) is 2.49. The van der Waals surface area contributed by atoms with Crippen molar-refractivity contribution in [1.29, 1.82) is 0 Å². The van der Waals surface area contributed by atoms with Crippen LogP contribution < -0.4 is 11.2 Å². The summed E-state index contributed by atoms with van der Waals surface area (Å²) < 4.78 is 0. The van der Waals surface area contributed by atoms with Crippen LogP contribution in [0.5, 0.6) is 0 Å². The molecule has 0 aromatic rings. The molecule has 0 spiro atoms. The van der Waals surface area contributed by atoms with Gasteiger partial charge in [-0.15, -0.1) is 12.4 Å². The van der Waals surface area contributed by atoms with E-state index in [1.54, 1.807) is 18.2 Å². The fourth-order valence-electron chi connectivity index (χ4n) is 1.13. The van der Waals surface area contributed by atoms with E-state index < -0.39 is 0 Å². The van der Waals surface area contributed by atoms with Gasteiger partial charge in [-0.1, -0.05) is 6.08 Å². The summed E-state index contributed by atoms with van der Waals surface area (Å²) in [5.41, 5.74) is 9.21. The van der Waals surface area contributed by atoms with Crippen molar-refractivity contribution in [2.45, 2.75) is 0 Å². The van der Waals surface area contributed by atoms with Crippen LogP contribution in [0, 0.1) is 5.92 Å². The average molecular weight is 186 g/mol. The van der Waals surface area contributed by atoms with Gasteiger partial charge >= 0.3 is 0 Å². The lowest BCUT2D eigenvalue weighted by Gasteiger charge is -2.06. The molecule has 64 valence electrons. The molecule has 2 rings (SSSR count). The summed E-state index contributed by atoms with van der Waals surface area (Å²) in [5.74, 6) is -0.303. The number of hydrazone groups is 1. The lowest BCUT2D eigenvalue weighted by Crippen LogP contribution is -2.22. The summed E-state index contributed by atoms with van der Waals surface area (Å²) in [5, 5.41) is 3.80. The summed E-state index contributed by atoms with van der Waals surface area (Å²) in [7, 11) is 0. The molecule has 1 unspecified atom stereocenters. The number of carbonyl (C=O) groups is 1. The van der Waals surface area contributed by atoms with Crippen molar-refractivity contribution in [2.24, 2.45) is 16.8 Å². The van der Waals surface area contributed by atoms with Gasteiger partial charge in [-0.05, 0) is 12.2 Å².